The normalized spacial score (nSPS) is 11.0. The van der Waals surface area contributed by atoms with Gasteiger partial charge in [0.15, 0.2) is 5.58 Å². The molecule has 0 saturated heterocycles. The third-order valence-corrected chi connectivity index (χ3v) is 5.14. The van der Waals surface area contributed by atoms with Crippen molar-refractivity contribution in [2.75, 3.05) is 20.3 Å². The zero-order valence-corrected chi connectivity index (χ0v) is 15.8. The summed E-state index contributed by atoms with van der Waals surface area (Å²) in [4.78, 5) is 0. The first-order chi connectivity index (χ1) is 13.3. The summed E-state index contributed by atoms with van der Waals surface area (Å²) in [5.41, 5.74) is 3.81. The van der Waals surface area contributed by atoms with E-state index < -0.39 is 0 Å². The molecule has 0 radical (unpaired) electrons. The van der Waals surface area contributed by atoms with Crippen molar-refractivity contribution in [1.29, 1.82) is 0 Å². The van der Waals surface area contributed by atoms with Crippen LogP contribution in [0, 0.1) is 0 Å². The van der Waals surface area contributed by atoms with Gasteiger partial charge in [0.05, 0.1) is 7.11 Å². The Morgan fingerprint density at radius 2 is 2.04 bits per heavy atom. The van der Waals surface area contributed by atoms with Gasteiger partial charge in [-0.25, -0.2) is 0 Å². The number of fused-ring (bicyclic) bond motifs is 1. The van der Waals surface area contributed by atoms with Crippen molar-refractivity contribution in [1.82, 2.24) is 10.5 Å². The molecular weight excluding hydrogens is 360 g/mol. The standard InChI is InChI=1S/C21H20N2O3S/c1-24-18-8-3-2-5-16(18)14-22-10-11-25-17-7-4-6-15(13-17)20-21-19(26-23-20)9-12-27-21/h2-9,12-13,22H,10-11,14H2,1H3. The SMILES string of the molecule is COc1ccccc1CNCCOc1cccc(-c2noc3ccsc23)c1. The number of nitrogens with zero attached hydrogens (tertiary/aromatic N) is 1. The number of nitrogens with one attached hydrogen (secondary N) is 1. The molecule has 4 rings (SSSR count). The van der Waals surface area contributed by atoms with Gasteiger partial charge in [-0.3, -0.25) is 0 Å². The smallest absolute Gasteiger partial charge is 0.178 e. The van der Waals surface area contributed by atoms with Gasteiger partial charge in [0.25, 0.3) is 0 Å². The van der Waals surface area contributed by atoms with E-state index in [1.807, 2.05) is 53.9 Å². The second-order valence-electron chi connectivity index (χ2n) is 6.01. The van der Waals surface area contributed by atoms with Gasteiger partial charge in [-0.15, -0.1) is 11.3 Å². The van der Waals surface area contributed by atoms with Gasteiger partial charge < -0.3 is 19.3 Å². The zero-order valence-electron chi connectivity index (χ0n) is 15.0. The average molecular weight is 380 g/mol. The lowest BCUT2D eigenvalue weighted by Crippen LogP contribution is -2.20. The number of benzene rings is 2. The van der Waals surface area contributed by atoms with Crippen molar-refractivity contribution in [3.05, 3.63) is 65.5 Å². The molecule has 5 nitrogen and oxygen atoms in total. The predicted molar refractivity (Wildman–Crippen MR) is 108 cm³/mol. The average Bonchev–Trinajstić information content (AvgIpc) is 3.32. The van der Waals surface area contributed by atoms with Crippen LogP contribution in [0.4, 0.5) is 0 Å². The van der Waals surface area contributed by atoms with Crippen LogP contribution in [-0.4, -0.2) is 25.4 Å². The van der Waals surface area contributed by atoms with E-state index in [-0.39, 0.29) is 0 Å². The summed E-state index contributed by atoms with van der Waals surface area (Å²) < 4.78 is 17.7. The number of hydrogen-bond donors (Lipinski definition) is 1. The maximum Gasteiger partial charge on any atom is 0.178 e. The van der Waals surface area contributed by atoms with Gasteiger partial charge in [0.2, 0.25) is 0 Å². The molecule has 1 N–H and O–H groups in total. The van der Waals surface area contributed by atoms with Gasteiger partial charge in [0.1, 0.15) is 28.5 Å². The first-order valence-electron chi connectivity index (χ1n) is 8.74. The number of rotatable bonds is 8. The molecule has 0 unspecified atom stereocenters. The molecule has 0 amide bonds. The topological polar surface area (TPSA) is 56.5 Å². The van der Waals surface area contributed by atoms with Crippen LogP contribution in [0.5, 0.6) is 11.5 Å². The number of aromatic nitrogens is 1. The van der Waals surface area contributed by atoms with E-state index in [9.17, 15) is 0 Å². The zero-order chi connectivity index (χ0) is 18.5. The fourth-order valence-corrected chi connectivity index (χ4v) is 3.72. The van der Waals surface area contributed by atoms with Crippen LogP contribution in [0.25, 0.3) is 21.5 Å². The van der Waals surface area contributed by atoms with Gasteiger partial charge in [-0.2, -0.15) is 0 Å². The van der Waals surface area contributed by atoms with Crippen LogP contribution in [0.15, 0.2) is 64.5 Å². The number of hydrogen-bond acceptors (Lipinski definition) is 6. The number of thiophene rings is 1. The summed E-state index contributed by atoms with van der Waals surface area (Å²) in [6.07, 6.45) is 0. The first-order valence-corrected chi connectivity index (χ1v) is 9.62. The monoisotopic (exact) mass is 380 g/mol. The molecular formula is C21H20N2O3S. The quantitative estimate of drug-likeness (QED) is 0.448. The molecule has 27 heavy (non-hydrogen) atoms. The largest absolute Gasteiger partial charge is 0.496 e. The van der Waals surface area contributed by atoms with E-state index in [1.165, 1.54) is 0 Å². The molecule has 0 aliphatic carbocycles. The lowest BCUT2D eigenvalue weighted by molar-refractivity contribution is 0.313. The summed E-state index contributed by atoms with van der Waals surface area (Å²) >= 11 is 1.63. The van der Waals surface area contributed by atoms with Crippen molar-refractivity contribution in [2.24, 2.45) is 0 Å². The highest BCUT2D eigenvalue weighted by Crippen LogP contribution is 2.33. The molecule has 0 spiro atoms. The minimum Gasteiger partial charge on any atom is -0.496 e. The van der Waals surface area contributed by atoms with Crippen molar-refractivity contribution in [2.45, 2.75) is 6.54 Å². The summed E-state index contributed by atoms with van der Waals surface area (Å²) in [6, 6.07) is 17.9. The Hall–Kier alpha value is -2.83. The van der Waals surface area contributed by atoms with Crippen LogP contribution >= 0.6 is 11.3 Å². The van der Waals surface area contributed by atoms with Crippen LogP contribution in [0.1, 0.15) is 5.56 Å². The fraction of sp³-hybridized carbons (Fsp3) is 0.190. The minimum absolute atomic E-state index is 0.575. The highest BCUT2D eigenvalue weighted by Gasteiger charge is 2.12. The lowest BCUT2D eigenvalue weighted by atomic mass is 10.1. The molecule has 0 fully saturated rings. The highest BCUT2D eigenvalue weighted by atomic mass is 32.1. The predicted octanol–water partition coefficient (Wildman–Crippen LogP) is 4.73. The Labute approximate surface area is 161 Å². The van der Waals surface area contributed by atoms with Gasteiger partial charge >= 0.3 is 0 Å². The molecule has 2 aromatic carbocycles. The van der Waals surface area contributed by atoms with E-state index >= 15 is 0 Å². The van der Waals surface area contributed by atoms with E-state index in [2.05, 4.69) is 16.5 Å². The summed E-state index contributed by atoms with van der Waals surface area (Å²) in [7, 11) is 1.69. The van der Waals surface area contributed by atoms with Crippen molar-refractivity contribution < 1.29 is 14.0 Å². The summed E-state index contributed by atoms with van der Waals surface area (Å²) in [6.45, 7) is 2.05. The number of ether oxygens (including phenoxy) is 2. The van der Waals surface area contributed by atoms with Crippen molar-refractivity contribution in [3.8, 4) is 22.8 Å². The lowest BCUT2D eigenvalue weighted by Gasteiger charge is -2.10. The van der Waals surface area contributed by atoms with Gasteiger partial charge in [-0.05, 0) is 29.6 Å². The van der Waals surface area contributed by atoms with E-state index in [0.717, 1.165) is 51.7 Å². The summed E-state index contributed by atoms with van der Waals surface area (Å²) in [5.74, 6) is 1.71. The molecule has 0 bridgehead atoms. The highest BCUT2D eigenvalue weighted by molar-refractivity contribution is 7.17. The van der Waals surface area contributed by atoms with Crippen LogP contribution in [-0.2, 0) is 6.54 Å². The van der Waals surface area contributed by atoms with Crippen LogP contribution < -0.4 is 14.8 Å². The Morgan fingerprint density at radius 3 is 2.96 bits per heavy atom. The number of para-hydroxylation sites is 1. The second-order valence-corrected chi connectivity index (χ2v) is 6.93. The third-order valence-electron chi connectivity index (χ3n) is 4.24. The summed E-state index contributed by atoms with van der Waals surface area (Å²) in [5, 5.41) is 9.57. The molecule has 6 heteroatoms. The molecule has 0 aliphatic heterocycles. The van der Waals surface area contributed by atoms with E-state index in [1.54, 1.807) is 18.4 Å². The Kier molecular flexibility index (Phi) is 5.37. The van der Waals surface area contributed by atoms with Crippen molar-refractivity contribution >= 4 is 21.6 Å². The van der Waals surface area contributed by atoms with Crippen molar-refractivity contribution in [3.63, 3.8) is 0 Å². The Balaban J connectivity index is 1.32. The Morgan fingerprint density at radius 1 is 1.11 bits per heavy atom. The third kappa shape index (κ3) is 3.97. The van der Waals surface area contributed by atoms with E-state index in [0.29, 0.717) is 6.61 Å². The van der Waals surface area contributed by atoms with Gasteiger partial charge in [-0.1, -0.05) is 35.5 Å². The van der Waals surface area contributed by atoms with Crippen LogP contribution in [0.3, 0.4) is 0 Å². The maximum atomic E-state index is 5.88. The van der Waals surface area contributed by atoms with E-state index in [4.69, 9.17) is 14.0 Å². The Bertz CT molecular complexity index is 1020. The molecule has 0 aliphatic rings. The van der Waals surface area contributed by atoms with Gasteiger partial charge in [0, 0.05) is 24.2 Å². The molecule has 2 aromatic heterocycles. The fourth-order valence-electron chi connectivity index (χ4n) is 2.91. The maximum absolute atomic E-state index is 5.88. The molecule has 0 atom stereocenters. The second kappa shape index (κ2) is 8.24. The number of methoxy groups -OCH3 is 1. The minimum atomic E-state index is 0.575. The van der Waals surface area contributed by atoms with Crippen LogP contribution in [0.2, 0.25) is 0 Å². The molecule has 138 valence electrons. The molecule has 0 saturated carbocycles. The molecule has 2 heterocycles. The first kappa shape index (κ1) is 17.6. The molecule has 4 aromatic rings.